The zero-order valence-electron chi connectivity index (χ0n) is 12.7. The fourth-order valence-electron chi connectivity index (χ4n) is 3.86. The van der Waals surface area contributed by atoms with Gasteiger partial charge in [-0.15, -0.1) is 0 Å². The lowest BCUT2D eigenvalue weighted by atomic mass is 9.99. The molecule has 2 fully saturated rings. The van der Waals surface area contributed by atoms with Crippen molar-refractivity contribution in [1.29, 1.82) is 0 Å². The Morgan fingerprint density at radius 1 is 1.38 bits per heavy atom. The predicted octanol–water partition coefficient (Wildman–Crippen LogP) is 1.68. The van der Waals surface area contributed by atoms with Gasteiger partial charge in [-0.05, 0) is 45.4 Å². The normalized spacial score (nSPS) is 28.3. The van der Waals surface area contributed by atoms with Crippen LogP contribution in [0.2, 0.25) is 0 Å². The van der Waals surface area contributed by atoms with E-state index in [0.717, 1.165) is 25.3 Å². The second kappa shape index (κ2) is 5.73. The van der Waals surface area contributed by atoms with Gasteiger partial charge in [0.1, 0.15) is 0 Å². The average molecular weight is 289 g/mol. The molecule has 1 aromatic rings. The minimum Gasteiger partial charge on any atom is -0.480 e. The molecule has 1 aromatic heterocycles. The molecule has 3 rings (SSSR count). The third kappa shape index (κ3) is 2.68. The van der Waals surface area contributed by atoms with E-state index < -0.39 is 12.0 Å². The number of hydrogen-bond acceptors (Lipinski definition) is 4. The van der Waals surface area contributed by atoms with Crippen LogP contribution in [0.25, 0.3) is 0 Å². The molecule has 0 aliphatic carbocycles. The summed E-state index contributed by atoms with van der Waals surface area (Å²) in [6.45, 7) is 6.98. The first-order chi connectivity index (χ1) is 10.1. The molecule has 3 unspecified atom stereocenters. The highest BCUT2D eigenvalue weighted by atomic mass is 16.4. The van der Waals surface area contributed by atoms with Crippen LogP contribution in [0.15, 0.2) is 18.2 Å². The van der Waals surface area contributed by atoms with Crippen LogP contribution in [0.3, 0.4) is 0 Å². The molecule has 3 atom stereocenters. The number of hydrogen-bond donors (Lipinski definition) is 1. The molecule has 114 valence electrons. The summed E-state index contributed by atoms with van der Waals surface area (Å²) in [5, 5.41) is 9.73. The van der Waals surface area contributed by atoms with Crippen molar-refractivity contribution in [1.82, 2.24) is 14.8 Å². The van der Waals surface area contributed by atoms with Gasteiger partial charge >= 0.3 is 5.97 Å². The van der Waals surface area contributed by atoms with Crippen LogP contribution in [0.5, 0.6) is 0 Å². The standard InChI is InChI=1S/C16H23N3O2/c1-11-5-3-6-13(17-11)15(16(20)21)19-10-9-18-8-4-7-14(18)12(19)2/h3,5-6,12,14-15H,4,7-10H2,1-2H3,(H,20,21). The number of pyridine rings is 1. The van der Waals surface area contributed by atoms with E-state index in [0.29, 0.717) is 11.7 Å². The summed E-state index contributed by atoms with van der Waals surface area (Å²) >= 11 is 0. The van der Waals surface area contributed by atoms with Gasteiger partial charge in [0.15, 0.2) is 6.04 Å². The van der Waals surface area contributed by atoms with E-state index in [1.54, 1.807) is 0 Å². The Morgan fingerprint density at radius 3 is 2.90 bits per heavy atom. The first kappa shape index (κ1) is 14.5. The molecule has 2 aliphatic heterocycles. The van der Waals surface area contributed by atoms with Crippen molar-refractivity contribution in [2.45, 2.75) is 44.8 Å². The maximum Gasteiger partial charge on any atom is 0.327 e. The number of piperazine rings is 1. The van der Waals surface area contributed by atoms with Crippen molar-refractivity contribution in [3.05, 3.63) is 29.6 Å². The monoisotopic (exact) mass is 289 g/mol. The molecule has 0 saturated carbocycles. The number of aromatic nitrogens is 1. The molecule has 21 heavy (non-hydrogen) atoms. The maximum absolute atomic E-state index is 11.9. The average Bonchev–Trinajstić information content (AvgIpc) is 2.91. The third-order valence-electron chi connectivity index (χ3n) is 4.90. The molecule has 2 saturated heterocycles. The Morgan fingerprint density at radius 2 is 2.19 bits per heavy atom. The molecule has 0 bridgehead atoms. The van der Waals surface area contributed by atoms with Gasteiger partial charge in [-0.1, -0.05) is 6.07 Å². The van der Waals surface area contributed by atoms with Crippen LogP contribution in [-0.2, 0) is 4.79 Å². The van der Waals surface area contributed by atoms with Crippen LogP contribution in [0.1, 0.15) is 37.2 Å². The summed E-state index contributed by atoms with van der Waals surface area (Å²) in [6.07, 6.45) is 2.40. The first-order valence-electron chi connectivity index (χ1n) is 7.74. The van der Waals surface area contributed by atoms with Gasteiger partial charge in [-0.25, -0.2) is 0 Å². The topological polar surface area (TPSA) is 56.7 Å². The van der Waals surface area contributed by atoms with Crippen molar-refractivity contribution in [2.75, 3.05) is 19.6 Å². The molecule has 5 nitrogen and oxygen atoms in total. The lowest BCUT2D eigenvalue weighted by Crippen LogP contribution is -2.57. The largest absolute Gasteiger partial charge is 0.480 e. The highest BCUT2D eigenvalue weighted by Crippen LogP contribution is 2.32. The summed E-state index contributed by atoms with van der Waals surface area (Å²) in [7, 11) is 0. The second-order valence-electron chi connectivity index (χ2n) is 6.17. The van der Waals surface area contributed by atoms with Gasteiger partial charge in [-0.3, -0.25) is 19.6 Å². The van der Waals surface area contributed by atoms with E-state index in [2.05, 4.69) is 21.7 Å². The number of fused-ring (bicyclic) bond motifs is 1. The van der Waals surface area contributed by atoms with Gasteiger partial charge in [0.05, 0.1) is 5.69 Å². The van der Waals surface area contributed by atoms with Crippen molar-refractivity contribution in [2.24, 2.45) is 0 Å². The fourth-order valence-corrected chi connectivity index (χ4v) is 3.86. The number of aliphatic carboxylic acids is 1. The molecule has 0 aromatic carbocycles. The highest BCUT2D eigenvalue weighted by Gasteiger charge is 2.42. The lowest BCUT2D eigenvalue weighted by Gasteiger charge is -2.45. The summed E-state index contributed by atoms with van der Waals surface area (Å²) < 4.78 is 0. The molecule has 5 heteroatoms. The summed E-state index contributed by atoms with van der Waals surface area (Å²) in [5.74, 6) is -0.800. The van der Waals surface area contributed by atoms with Crippen LogP contribution in [0.4, 0.5) is 0 Å². The van der Waals surface area contributed by atoms with E-state index in [9.17, 15) is 9.90 Å². The first-order valence-corrected chi connectivity index (χ1v) is 7.74. The van der Waals surface area contributed by atoms with Crippen molar-refractivity contribution < 1.29 is 9.90 Å². The summed E-state index contributed by atoms with van der Waals surface area (Å²) in [4.78, 5) is 20.9. The number of nitrogens with zero attached hydrogens (tertiary/aromatic N) is 3. The number of aryl methyl sites for hydroxylation is 1. The zero-order chi connectivity index (χ0) is 15.0. The third-order valence-corrected chi connectivity index (χ3v) is 4.90. The molecule has 0 spiro atoms. The van der Waals surface area contributed by atoms with E-state index in [4.69, 9.17) is 0 Å². The Labute approximate surface area is 125 Å². The molecular weight excluding hydrogens is 266 g/mol. The Balaban J connectivity index is 1.89. The highest BCUT2D eigenvalue weighted by molar-refractivity contribution is 5.75. The molecule has 3 heterocycles. The van der Waals surface area contributed by atoms with Gasteiger partial charge in [-0.2, -0.15) is 0 Å². The number of rotatable bonds is 3. The molecule has 2 aliphatic rings. The summed E-state index contributed by atoms with van der Waals surface area (Å²) in [6, 6.07) is 5.74. The Hall–Kier alpha value is -1.46. The van der Waals surface area contributed by atoms with Gasteiger partial charge < -0.3 is 5.11 Å². The smallest absolute Gasteiger partial charge is 0.327 e. The number of carbonyl (C=O) groups is 1. The molecule has 1 N–H and O–H groups in total. The number of carboxylic acids is 1. The van der Waals surface area contributed by atoms with Crippen molar-refractivity contribution >= 4 is 5.97 Å². The quantitative estimate of drug-likeness (QED) is 0.917. The lowest BCUT2D eigenvalue weighted by molar-refractivity contribution is -0.146. The van der Waals surface area contributed by atoms with Crippen molar-refractivity contribution in [3.8, 4) is 0 Å². The zero-order valence-corrected chi connectivity index (χ0v) is 12.7. The van der Waals surface area contributed by atoms with E-state index in [-0.39, 0.29) is 6.04 Å². The summed E-state index contributed by atoms with van der Waals surface area (Å²) in [5.41, 5.74) is 1.52. The van der Waals surface area contributed by atoms with Gasteiger partial charge in [0, 0.05) is 30.9 Å². The van der Waals surface area contributed by atoms with Crippen LogP contribution >= 0.6 is 0 Å². The van der Waals surface area contributed by atoms with Crippen LogP contribution in [0, 0.1) is 6.92 Å². The van der Waals surface area contributed by atoms with Crippen LogP contribution < -0.4 is 0 Å². The van der Waals surface area contributed by atoms with Gasteiger partial charge in [0.2, 0.25) is 0 Å². The Bertz CT molecular complexity index is 534. The predicted molar refractivity (Wildman–Crippen MR) is 80.1 cm³/mol. The fraction of sp³-hybridized carbons (Fsp3) is 0.625. The minimum atomic E-state index is -0.800. The second-order valence-corrected chi connectivity index (χ2v) is 6.17. The SMILES string of the molecule is Cc1cccc(C(C(=O)O)N2CCN3CCCC3C2C)n1. The Kier molecular flexibility index (Phi) is 3.95. The number of carboxylic acid groups (broad SMARTS) is 1. The van der Waals surface area contributed by atoms with Crippen molar-refractivity contribution in [3.63, 3.8) is 0 Å². The van der Waals surface area contributed by atoms with E-state index >= 15 is 0 Å². The van der Waals surface area contributed by atoms with Crippen LogP contribution in [-0.4, -0.2) is 57.6 Å². The van der Waals surface area contributed by atoms with E-state index in [1.807, 2.05) is 25.1 Å². The minimum absolute atomic E-state index is 0.254. The van der Waals surface area contributed by atoms with E-state index in [1.165, 1.54) is 12.8 Å². The van der Waals surface area contributed by atoms with Gasteiger partial charge in [0.25, 0.3) is 0 Å². The molecule has 0 radical (unpaired) electrons. The maximum atomic E-state index is 11.9. The molecule has 0 amide bonds. The molecular formula is C16H23N3O2.